The largest absolute Gasteiger partial charge is 0.508 e. The number of rotatable bonds is 4. The third-order valence-electron chi connectivity index (χ3n) is 4.71. The van der Waals surface area contributed by atoms with Crippen LogP contribution in [-0.4, -0.2) is 18.3 Å². The highest BCUT2D eigenvalue weighted by atomic mass is 19.1. The molecule has 3 aromatic rings. The van der Waals surface area contributed by atoms with Gasteiger partial charge in [-0.1, -0.05) is 0 Å². The van der Waals surface area contributed by atoms with Crippen LogP contribution in [0.5, 0.6) is 17.2 Å². The Bertz CT molecular complexity index is 1160. The summed E-state index contributed by atoms with van der Waals surface area (Å²) in [5, 5.41) is 27.8. The van der Waals surface area contributed by atoms with E-state index in [4.69, 9.17) is 19.5 Å². The second-order valence-corrected chi connectivity index (χ2v) is 6.54. The van der Waals surface area contributed by atoms with Gasteiger partial charge in [0.05, 0.1) is 24.3 Å². The Labute approximate surface area is 171 Å². The molecule has 0 aromatic heterocycles. The fourth-order valence-corrected chi connectivity index (χ4v) is 3.27. The minimum absolute atomic E-state index is 0.0152. The third-order valence-corrected chi connectivity index (χ3v) is 4.71. The van der Waals surface area contributed by atoms with E-state index in [9.17, 15) is 14.8 Å². The van der Waals surface area contributed by atoms with E-state index in [0.29, 0.717) is 19.0 Å². The van der Waals surface area contributed by atoms with Crippen molar-refractivity contribution in [1.82, 2.24) is 0 Å². The minimum Gasteiger partial charge on any atom is -0.508 e. The predicted octanol–water partition coefficient (Wildman–Crippen LogP) is 4.31. The maximum absolute atomic E-state index is 13.7. The van der Waals surface area contributed by atoms with E-state index >= 15 is 0 Å². The Kier molecular flexibility index (Phi) is 5.07. The van der Waals surface area contributed by atoms with E-state index in [1.165, 1.54) is 6.07 Å². The van der Waals surface area contributed by atoms with E-state index in [1.54, 1.807) is 54.6 Å². The number of nitrogens with zero attached hydrogens (tertiary/aromatic N) is 2. The minimum atomic E-state index is -1.10. The van der Waals surface area contributed by atoms with Crippen LogP contribution in [0.25, 0.3) is 0 Å². The molecule has 0 saturated carbocycles. The topological polar surface area (TPSA) is 95.5 Å². The second-order valence-electron chi connectivity index (χ2n) is 6.54. The summed E-state index contributed by atoms with van der Waals surface area (Å²) in [6.45, 7) is 0.828. The fourth-order valence-electron chi connectivity index (χ4n) is 3.27. The molecule has 0 radical (unpaired) electrons. The number of phenolic OH excluding ortho intramolecular Hbond substituents is 1. The van der Waals surface area contributed by atoms with Crippen molar-refractivity contribution in [2.45, 2.75) is 5.79 Å². The van der Waals surface area contributed by atoms with E-state index in [1.807, 2.05) is 6.07 Å². The van der Waals surface area contributed by atoms with Gasteiger partial charge >= 0.3 is 0 Å². The molecule has 1 N–H and O–H groups in total. The first-order valence-corrected chi connectivity index (χ1v) is 9.05. The molecule has 3 aromatic carbocycles. The molecule has 1 saturated heterocycles. The highest BCUT2D eigenvalue weighted by molar-refractivity contribution is 5.51. The van der Waals surface area contributed by atoms with Crippen LogP contribution >= 0.6 is 0 Å². The van der Waals surface area contributed by atoms with Gasteiger partial charge in [0.2, 0.25) is 5.79 Å². The summed E-state index contributed by atoms with van der Waals surface area (Å²) in [4.78, 5) is 0. The lowest BCUT2D eigenvalue weighted by Crippen LogP contribution is -2.28. The van der Waals surface area contributed by atoms with Gasteiger partial charge in [0.1, 0.15) is 35.2 Å². The average molecular weight is 402 g/mol. The van der Waals surface area contributed by atoms with Crippen LogP contribution in [0.2, 0.25) is 0 Å². The number of ether oxygens (including phenoxy) is 3. The maximum atomic E-state index is 13.7. The van der Waals surface area contributed by atoms with Crippen molar-refractivity contribution in [2.24, 2.45) is 0 Å². The van der Waals surface area contributed by atoms with Crippen molar-refractivity contribution >= 4 is 0 Å². The molecule has 0 aliphatic carbocycles. The number of aromatic hydroxyl groups is 1. The van der Waals surface area contributed by atoms with Gasteiger partial charge in [-0.05, 0) is 54.6 Å². The zero-order valence-electron chi connectivity index (χ0n) is 15.6. The summed E-state index contributed by atoms with van der Waals surface area (Å²) >= 11 is 0. The molecular formula is C23H15FN2O4. The van der Waals surface area contributed by atoms with E-state index in [-0.39, 0.29) is 22.6 Å². The first-order valence-electron chi connectivity index (χ1n) is 9.05. The Balaban J connectivity index is 1.66. The van der Waals surface area contributed by atoms with E-state index in [2.05, 4.69) is 0 Å². The van der Waals surface area contributed by atoms with E-state index in [0.717, 1.165) is 17.2 Å². The molecule has 6 nitrogen and oxygen atoms in total. The van der Waals surface area contributed by atoms with Crippen LogP contribution in [-0.2, 0) is 15.3 Å². The molecule has 148 valence electrons. The lowest BCUT2D eigenvalue weighted by molar-refractivity contribution is -0.129. The van der Waals surface area contributed by atoms with Gasteiger partial charge in [0.15, 0.2) is 0 Å². The molecule has 0 amide bonds. The number of nitriles is 2. The summed E-state index contributed by atoms with van der Waals surface area (Å²) in [5.74, 6) is -1.26. The van der Waals surface area contributed by atoms with Gasteiger partial charge in [0, 0.05) is 17.2 Å². The van der Waals surface area contributed by atoms with Crippen LogP contribution < -0.4 is 4.74 Å². The summed E-state index contributed by atoms with van der Waals surface area (Å²) in [5.41, 5.74) is 1.23. The molecule has 1 fully saturated rings. The van der Waals surface area contributed by atoms with E-state index < -0.39 is 11.6 Å². The van der Waals surface area contributed by atoms with Gasteiger partial charge in [0.25, 0.3) is 0 Å². The molecule has 30 heavy (non-hydrogen) atoms. The molecule has 7 heteroatoms. The highest BCUT2D eigenvalue weighted by Gasteiger charge is 2.40. The standard InChI is InChI=1S/C23H15FN2O4/c24-21-11-16(14-26)22(12-15(21)13-25)30-20-7-3-18(4-8-20)23(28-9-10-29-23)17-1-5-19(27)6-2-17/h1-8,11-12,27H,9-10H2. The molecule has 0 bridgehead atoms. The molecule has 1 aliphatic rings. The number of hydrogen-bond acceptors (Lipinski definition) is 6. The van der Waals surface area contributed by atoms with Crippen molar-refractivity contribution in [3.8, 4) is 29.4 Å². The SMILES string of the molecule is N#Cc1cc(Oc2ccc(C3(c4ccc(O)cc4)OCCO3)cc2)c(C#N)cc1F. The predicted molar refractivity (Wildman–Crippen MR) is 103 cm³/mol. The first-order chi connectivity index (χ1) is 14.6. The Morgan fingerprint density at radius 2 is 1.43 bits per heavy atom. The lowest BCUT2D eigenvalue weighted by Gasteiger charge is -2.28. The quantitative estimate of drug-likeness (QED) is 0.699. The second kappa shape index (κ2) is 7.84. The van der Waals surface area contributed by atoms with Crippen molar-refractivity contribution in [1.29, 1.82) is 10.5 Å². The van der Waals surface area contributed by atoms with Crippen molar-refractivity contribution < 1.29 is 23.7 Å². The smallest absolute Gasteiger partial charge is 0.222 e. The Morgan fingerprint density at radius 1 is 0.867 bits per heavy atom. The van der Waals surface area contributed by atoms with Crippen molar-refractivity contribution in [2.75, 3.05) is 13.2 Å². The number of hydrogen-bond donors (Lipinski definition) is 1. The molecule has 1 aliphatic heterocycles. The monoisotopic (exact) mass is 402 g/mol. The van der Waals surface area contributed by atoms with Crippen LogP contribution in [0, 0.1) is 28.5 Å². The molecule has 0 unspecified atom stereocenters. The molecule has 4 rings (SSSR count). The third kappa shape index (κ3) is 3.44. The van der Waals surface area contributed by atoms with Crippen LogP contribution in [0.4, 0.5) is 4.39 Å². The van der Waals surface area contributed by atoms with Crippen LogP contribution in [0.15, 0.2) is 60.7 Å². The van der Waals surface area contributed by atoms with Gasteiger partial charge in [-0.15, -0.1) is 0 Å². The number of phenols is 1. The van der Waals surface area contributed by atoms with Crippen LogP contribution in [0.1, 0.15) is 22.3 Å². The summed E-state index contributed by atoms with van der Waals surface area (Å²) in [6, 6.07) is 19.2. The normalized spacial score (nSPS) is 14.6. The number of halogens is 1. The first kappa shape index (κ1) is 19.4. The van der Waals surface area contributed by atoms with Crippen LogP contribution in [0.3, 0.4) is 0 Å². The van der Waals surface area contributed by atoms with Crippen molar-refractivity contribution in [3.63, 3.8) is 0 Å². The molecular weight excluding hydrogens is 387 g/mol. The zero-order chi connectivity index (χ0) is 21.1. The molecule has 0 atom stereocenters. The Morgan fingerprint density at radius 3 is 2.00 bits per heavy atom. The summed E-state index contributed by atoms with van der Waals surface area (Å²) in [6.07, 6.45) is 0. The summed E-state index contributed by atoms with van der Waals surface area (Å²) < 4.78 is 31.3. The highest BCUT2D eigenvalue weighted by Crippen LogP contribution is 2.40. The Hall–Kier alpha value is -3.91. The molecule has 1 heterocycles. The van der Waals surface area contributed by atoms with Gasteiger partial charge in [-0.3, -0.25) is 0 Å². The fraction of sp³-hybridized carbons (Fsp3) is 0.130. The van der Waals surface area contributed by atoms with Gasteiger partial charge < -0.3 is 19.3 Å². The summed E-state index contributed by atoms with van der Waals surface area (Å²) in [7, 11) is 0. The zero-order valence-corrected chi connectivity index (χ0v) is 15.6. The average Bonchev–Trinajstić information content (AvgIpc) is 3.26. The van der Waals surface area contributed by atoms with Crippen molar-refractivity contribution in [3.05, 3.63) is 88.7 Å². The number of benzene rings is 3. The lowest BCUT2D eigenvalue weighted by atomic mass is 9.97. The molecule has 0 spiro atoms. The van der Waals surface area contributed by atoms with Gasteiger partial charge in [-0.25, -0.2) is 4.39 Å². The van der Waals surface area contributed by atoms with Gasteiger partial charge in [-0.2, -0.15) is 10.5 Å². The maximum Gasteiger partial charge on any atom is 0.222 e.